The molecule has 2 heterocycles. The Morgan fingerprint density at radius 1 is 1.25 bits per heavy atom. The summed E-state index contributed by atoms with van der Waals surface area (Å²) in [6.45, 7) is 4.21. The maximum atomic E-state index is 12.5. The normalized spacial score (nSPS) is 19.8. The number of aliphatic imine (C=N–C) groups is 1. The molecule has 0 saturated carbocycles. The third-order valence-electron chi connectivity index (χ3n) is 5.20. The third-order valence-corrected chi connectivity index (χ3v) is 5.45. The average Bonchev–Trinajstić information content (AvgIpc) is 3.10. The van der Waals surface area contributed by atoms with E-state index in [1.807, 2.05) is 6.07 Å². The molecular weight excluding hydrogens is 374 g/mol. The molecule has 2 N–H and O–H groups in total. The predicted molar refractivity (Wildman–Crippen MR) is 113 cm³/mol. The van der Waals surface area contributed by atoms with Gasteiger partial charge in [-0.15, -0.1) is 0 Å². The number of aliphatic hydroxyl groups excluding tert-OH is 1. The molecule has 0 amide bonds. The predicted octanol–water partition coefficient (Wildman–Crippen LogP) is 4.78. The van der Waals surface area contributed by atoms with Crippen molar-refractivity contribution in [2.45, 2.75) is 32.9 Å². The first kappa shape index (κ1) is 18.7. The highest BCUT2D eigenvalue weighted by Gasteiger charge is 2.18. The standard InChI is InChI=1S/C22H22ClN3O2/c1-13-3-4-14(2)18(11-13)25-22(28)19-12-15-5-10-20(27)26(21(15)24-19)17-8-6-16(23)7-9-17/h5-12,14,22,24,28H,3-4H2,1-2H3. The molecule has 2 atom stereocenters. The lowest BCUT2D eigenvalue weighted by molar-refractivity contribution is 0.184. The van der Waals surface area contributed by atoms with Gasteiger partial charge in [0.1, 0.15) is 5.65 Å². The molecule has 144 valence electrons. The van der Waals surface area contributed by atoms with Gasteiger partial charge in [0.25, 0.3) is 5.56 Å². The van der Waals surface area contributed by atoms with Crippen molar-refractivity contribution in [3.8, 4) is 5.69 Å². The SMILES string of the molecule is CC1=CC(=NC(O)c2cc3ccc(=O)n(-c4ccc(Cl)cc4)c3[nH]2)C(C)CC1. The van der Waals surface area contributed by atoms with Gasteiger partial charge < -0.3 is 10.1 Å². The van der Waals surface area contributed by atoms with Gasteiger partial charge in [-0.25, -0.2) is 0 Å². The molecule has 2 aromatic heterocycles. The summed E-state index contributed by atoms with van der Waals surface area (Å²) in [7, 11) is 0. The maximum absolute atomic E-state index is 12.5. The van der Waals surface area contributed by atoms with Crippen LogP contribution in [-0.4, -0.2) is 20.4 Å². The first-order chi connectivity index (χ1) is 13.4. The van der Waals surface area contributed by atoms with Gasteiger partial charge in [-0.3, -0.25) is 14.4 Å². The van der Waals surface area contributed by atoms with Crippen LogP contribution in [0.25, 0.3) is 16.7 Å². The van der Waals surface area contributed by atoms with E-state index < -0.39 is 6.23 Å². The summed E-state index contributed by atoms with van der Waals surface area (Å²) in [6.07, 6.45) is 3.15. The molecule has 2 unspecified atom stereocenters. The number of fused-ring (bicyclic) bond motifs is 1. The second kappa shape index (κ2) is 7.41. The Balaban J connectivity index is 1.78. The van der Waals surface area contributed by atoms with Gasteiger partial charge in [-0.2, -0.15) is 0 Å². The Kier molecular flexibility index (Phi) is 4.96. The second-order valence-corrected chi connectivity index (χ2v) is 7.81. The first-order valence-electron chi connectivity index (χ1n) is 9.36. The molecule has 0 bridgehead atoms. The highest BCUT2D eigenvalue weighted by molar-refractivity contribution is 6.30. The van der Waals surface area contributed by atoms with E-state index in [4.69, 9.17) is 11.6 Å². The molecule has 0 aliphatic heterocycles. The van der Waals surface area contributed by atoms with Gasteiger partial charge in [0.05, 0.1) is 11.4 Å². The van der Waals surface area contributed by atoms with Crippen LogP contribution in [-0.2, 0) is 0 Å². The number of hydrogen-bond donors (Lipinski definition) is 2. The van der Waals surface area contributed by atoms with Crippen LogP contribution >= 0.6 is 11.6 Å². The number of aromatic nitrogens is 2. The van der Waals surface area contributed by atoms with Crippen LogP contribution in [0.2, 0.25) is 5.02 Å². The van der Waals surface area contributed by atoms with Crippen molar-refractivity contribution >= 4 is 28.3 Å². The highest BCUT2D eigenvalue weighted by atomic mass is 35.5. The number of pyridine rings is 1. The van der Waals surface area contributed by atoms with E-state index in [9.17, 15) is 9.90 Å². The number of allylic oxidation sites excluding steroid dienone is 2. The number of halogens is 1. The fourth-order valence-electron chi connectivity index (χ4n) is 3.56. The zero-order valence-corrected chi connectivity index (χ0v) is 16.6. The molecule has 3 aromatic rings. The Labute approximate surface area is 168 Å². The van der Waals surface area contributed by atoms with Crippen LogP contribution in [0.15, 0.2) is 63.9 Å². The third kappa shape index (κ3) is 3.55. The summed E-state index contributed by atoms with van der Waals surface area (Å²) in [5, 5.41) is 12.1. The molecule has 0 fully saturated rings. The van der Waals surface area contributed by atoms with E-state index in [-0.39, 0.29) is 5.56 Å². The van der Waals surface area contributed by atoms with Crippen molar-refractivity contribution in [3.05, 3.63) is 75.2 Å². The molecule has 0 saturated heterocycles. The number of H-pyrrole nitrogens is 1. The number of aromatic amines is 1. The van der Waals surface area contributed by atoms with E-state index in [0.29, 0.717) is 28.0 Å². The van der Waals surface area contributed by atoms with Gasteiger partial charge in [0, 0.05) is 22.2 Å². The highest BCUT2D eigenvalue weighted by Crippen LogP contribution is 2.26. The number of hydrogen-bond acceptors (Lipinski definition) is 3. The molecule has 1 aliphatic rings. The minimum Gasteiger partial charge on any atom is -0.367 e. The molecule has 28 heavy (non-hydrogen) atoms. The first-order valence-corrected chi connectivity index (χ1v) is 9.74. The number of rotatable bonds is 3. The Hall–Kier alpha value is -2.63. The summed E-state index contributed by atoms with van der Waals surface area (Å²) in [4.78, 5) is 20.2. The number of nitrogens with one attached hydrogen (secondary N) is 1. The minimum atomic E-state index is -1.01. The average molecular weight is 396 g/mol. The molecule has 5 nitrogen and oxygen atoms in total. The fraction of sp³-hybridized carbons (Fsp3) is 0.273. The fourth-order valence-corrected chi connectivity index (χ4v) is 3.68. The van der Waals surface area contributed by atoms with Crippen LogP contribution in [0.5, 0.6) is 0 Å². The van der Waals surface area contributed by atoms with E-state index in [0.717, 1.165) is 23.9 Å². The topological polar surface area (TPSA) is 70.4 Å². The van der Waals surface area contributed by atoms with Gasteiger partial charge in [0.15, 0.2) is 6.23 Å². The number of aliphatic hydroxyl groups is 1. The summed E-state index contributed by atoms with van der Waals surface area (Å²) >= 11 is 5.97. The summed E-state index contributed by atoms with van der Waals surface area (Å²) < 4.78 is 1.57. The quantitative estimate of drug-likeness (QED) is 0.669. The van der Waals surface area contributed by atoms with Gasteiger partial charge >= 0.3 is 0 Å². The zero-order valence-electron chi connectivity index (χ0n) is 15.8. The number of benzene rings is 1. The lowest BCUT2D eigenvalue weighted by Crippen LogP contribution is -2.17. The van der Waals surface area contributed by atoms with Crippen molar-refractivity contribution in [1.29, 1.82) is 0 Å². The molecule has 0 radical (unpaired) electrons. The van der Waals surface area contributed by atoms with E-state index in [1.165, 1.54) is 11.6 Å². The zero-order chi connectivity index (χ0) is 19.8. The van der Waals surface area contributed by atoms with Crippen LogP contribution in [0.3, 0.4) is 0 Å². The van der Waals surface area contributed by atoms with Gasteiger partial charge in [-0.1, -0.05) is 24.1 Å². The maximum Gasteiger partial charge on any atom is 0.256 e. The van der Waals surface area contributed by atoms with Crippen molar-refractivity contribution < 1.29 is 5.11 Å². The molecule has 1 aromatic carbocycles. The van der Waals surface area contributed by atoms with Crippen LogP contribution in [0.4, 0.5) is 0 Å². The van der Waals surface area contributed by atoms with E-state index in [1.54, 1.807) is 34.9 Å². The molecular formula is C22H22ClN3O2. The smallest absolute Gasteiger partial charge is 0.256 e. The summed E-state index contributed by atoms with van der Waals surface area (Å²) in [5.74, 6) is 0.315. The number of nitrogens with zero attached hydrogens (tertiary/aromatic N) is 2. The summed E-state index contributed by atoms with van der Waals surface area (Å²) in [6, 6.07) is 12.2. The Morgan fingerprint density at radius 2 is 2.00 bits per heavy atom. The molecule has 4 rings (SSSR count). The largest absolute Gasteiger partial charge is 0.367 e. The van der Waals surface area contributed by atoms with Crippen LogP contribution in [0.1, 0.15) is 38.6 Å². The van der Waals surface area contributed by atoms with Gasteiger partial charge in [-0.05, 0) is 68.2 Å². The van der Waals surface area contributed by atoms with Crippen LogP contribution in [0, 0.1) is 5.92 Å². The minimum absolute atomic E-state index is 0.163. The monoisotopic (exact) mass is 395 g/mol. The van der Waals surface area contributed by atoms with Crippen molar-refractivity contribution in [2.75, 3.05) is 0 Å². The van der Waals surface area contributed by atoms with E-state index in [2.05, 4.69) is 29.9 Å². The van der Waals surface area contributed by atoms with Crippen LogP contribution < -0.4 is 5.56 Å². The van der Waals surface area contributed by atoms with Crippen molar-refractivity contribution in [1.82, 2.24) is 9.55 Å². The lowest BCUT2D eigenvalue weighted by Gasteiger charge is -2.19. The second-order valence-electron chi connectivity index (χ2n) is 7.37. The summed E-state index contributed by atoms with van der Waals surface area (Å²) in [5.41, 5.74) is 3.89. The van der Waals surface area contributed by atoms with Crippen molar-refractivity contribution in [3.63, 3.8) is 0 Å². The Morgan fingerprint density at radius 3 is 2.75 bits per heavy atom. The van der Waals surface area contributed by atoms with E-state index >= 15 is 0 Å². The molecule has 1 aliphatic carbocycles. The van der Waals surface area contributed by atoms with Gasteiger partial charge in [0.2, 0.25) is 0 Å². The molecule has 6 heteroatoms. The Bertz CT molecular complexity index is 1140. The lowest BCUT2D eigenvalue weighted by atomic mass is 9.90. The molecule has 0 spiro atoms. The van der Waals surface area contributed by atoms with Crippen molar-refractivity contribution in [2.24, 2.45) is 10.9 Å².